The molecule has 0 aliphatic heterocycles. The van der Waals surface area contributed by atoms with E-state index in [0.717, 1.165) is 16.6 Å². The van der Waals surface area contributed by atoms with Crippen molar-refractivity contribution in [1.82, 2.24) is 19.7 Å². The lowest BCUT2D eigenvalue weighted by Gasteiger charge is -2.06. The molecule has 142 valence electrons. The Morgan fingerprint density at radius 3 is 2.83 bits per heavy atom. The zero-order valence-corrected chi connectivity index (χ0v) is 15.7. The van der Waals surface area contributed by atoms with Crippen molar-refractivity contribution < 1.29 is 9.21 Å². The van der Waals surface area contributed by atoms with Gasteiger partial charge in [-0.15, -0.1) is 0 Å². The molecule has 5 rings (SSSR count). The largest absolute Gasteiger partial charge is 0.441 e. The number of nitrogens with zero attached hydrogens (tertiary/aromatic N) is 4. The Hall–Kier alpha value is -4.00. The molecule has 3 aromatic heterocycles. The number of anilines is 1. The summed E-state index contributed by atoms with van der Waals surface area (Å²) < 4.78 is 7.29. The second-order valence-corrected chi connectivity index (χ2v) is 6.79. The summed E-state index contributed by atoms with van der Waals surface area (Å²) in [6.45, 7) is 2.41. The summed E-state index contributed by atoms with van der Waals surface area (Å²) in [5, 5.41) is 8.11. The number of hydrogen-bond acceptors (Lipinski definition) is 5. The Balaban J connectivity index is 1.38. The zero-order chi connectivity index (χ0) is 19.8. The van der Waals surface area contributed by atoms with Crippen molar-refractivity contribution in [2.75, 3.05) is 5.32 Å². The molecule has 0 aliphatic carbocycles. The third kappa shape index (κ3) is 3.34. The minimum Gasteiger partial charge on any atom is -0.441 e. The lowest BCUT2D eigenvalue weighted by molar-refractivity contribution is 0.102. The third-order valence-corrected chi connectivity index (χ3v) is 4.67. The maximum Gasteiger partial charge on any atom is 0.257 e. The predicted molar refractivity (Wildman–Crippen MR) is 110 cm³/mol. The number of pyridine rings is 1. The van der Waals surface area contributed by atoms with Gasteiger partial charge in [-0.2, -0.15) is 5.10 Å². The normalized spacial score (nSPS) is 11.2. The van der Waals surface area contributed by atoms with Crippen LogP contribution >= 0.6 is 0 Å². The second-order valence-electron chi connectivity index (χ2n) is 6.79. The number of rotatable bonds is 4. The lowest BCUT2D eigenvalue weighted by Crippen LogP contribution is -2.12. The SMILES string of the molecule is Cc1nc2cc(NC(=O)c3cnc4c(cnn4Cc4ccccc4)c3)ccc2o1. The van der Waals surface area contributed by atoms with E-state index < -0.39 is 0 Å². The fourth-order valence-corrected chi connectivity index (χ4v) is 3.29. The highest BCUT2D eigenvalue weighted by molar-refractivity contribution is 6.06. The van der Waals surface area contributed by atoms with E-state index >= 15 is 0 Å². The van der Waals surface area contributed by atoms with Crippen molar-refractivity contribution in [3.8, 4) is 0 Å². The number of benzene rings is 2. The van der Waals surface area contributed by atoms with E-state index in [2.05, 4.69) is 20.4 Å². The van der Waals surface area contributed by atoms with E-state index in [1.807, 2.05) is 35.0 Å². The van der Waals surface area contributed by atoms with Gasteiger partial charge in [0.25, 0.3) is 5.91 Å². The first-order valence-electron chi connectivity index (χ1n) is 9.20. The number of aromatic nitrogens is 4. The van der Waals surface area contributed by atoms with Gasteiger partial charge >= 0.3 is 0 Å². The highest BCUT2D eigenvalue weighted by Gasteiger charge is 2.12. The van der Waals surface area contributed by atoms with Crippen LogP contribution in [0.1, 0.15) is 21.8 Å². The van der Waals surface area contributed by atoms with Gasteiger partial charge in [0.2, 0.25) is 0 Å². The van der Waals surface area contributed by atoms with Crippen LogP contribution in [-0.2, 0) is 6.54 Å². The molecule has 0 fully saturated rings. The summed E-state index contributed by atoms with van der Waals surface area (Å²) in [4.78, 5) is 21.4. The summed E-state index contributed by atoms with van der Waals surface area (Å²) in [7, 11) is 0. The van der Waals surface area contributed by atoms with Crippen molar-refractivity contribution in [2.24, 2.45) is 0 Å². The van der Waals surface area contributed by atoms with Gasteiger partial charge in [-0.3, -0.25) is 4.79 Å². The standard InChI is InChI=1S/C22H17N5O2/c1-14-25-19-10-18(7-8-20(19)29-14)26-22(28)17-9-16-12-24-27(21(16)23-11-17)13-15-5-3-2-4-6-15/h2-12H,13H2,1H3,(H,26,28). The van der Waals surface area contributed by atoms with Crippen LogP contribution in [0.25, 0.3) is 22.1 Å². The molecule has 0 radical (unpaired) electrons. The monoisotopic (exact) mass is 383 g/mol. The van der Waals surface area contributed by atoms with Gasteiger partial charge < -0.3 is 9.73 Å². The number of fused-ring (bicyclic) bond motifs is 2. The van der Waals surface area contributed by atoms with Crippen molar-refractivity contribution in [3.05, 3.63) is 84.0 Å². The van der Waals surface area contributed by atoms with E-state index in [1.54, 1.807) is 43.6 Å². The molecule has 0 saturated carbocycles. The average Bonchev–Trinajstić information content (AvgIpc) is 3.30. The van der Waals surface area contributed by atoms with Gasteiger partial charge in [0, 0.05) is 24.2 Å². The average molecular weight is 383 g/mol. The molecule has 0 spiro atoms. The zero-order valence-electron chi connectivity index (χ0n) is 15.7. The Labute approximate surface area is 166 Å². The molecule has 2 aromatic carbocycles. The van der Waals surface area contributed by atoms with Crippen molar-refractivity contribution in [3.63, 3.8) is 0 Å². The predicted octanol–water partition coefficient (Wildman–Crippen LogP) is 4.18. The quantitative estimate of drug-likeness (QED) is 0.503. The van der Waals surface area contributed by atoms with E-state index in [1.165, 1.54) is 0 Å². The second kappa shape index (κ2) is 6.87. The Morgan fingerprint density at radius 1 is 1.10 bits per heavy atom. The molecule has 1 N–H and O–H groups in total. The Bertz CT molecular complexity index is 1340. The molecule has 0 aliphatic rings. The van der Waals surface area contributed by atoms with E-state index in [0.29, 0.717) is 34.8 Å². The van der Waals surface area contributed by atoms with E-state index in [-0.39, 0.29) is 5.91 Å². The van der Waals surface area contributed by atoms with Gasteiger partial charge in [0.1, 0.15) is 5.52 Å². The molecule has 0 bridgehead atoms. The topological polar surface area (TPSA) is 85.8 Å². The third-order valence-electron chi connectivity index (χ3n) is 4.67. The molecule has 7 heteroatoms. The highest BCUT2D eigenvalue weighted by Crippen LogP contribution is 2.21. The first-order chi connectivity index (χ1) is 14.2. The smallest absolute Gasteiger partial charge is 0.257 e. The maximum atomic E-state index is 12.7. The van der Waals surface area contributed by atoms with E-state index in [9.17, 15) is 4.79 Å². The number of nitrogens with one attached hydrogen (secondary N) is 1. The van der Waals surface area contributed by atoms with Crippen LogP contribution in [0.3, 0.4) is 0 Å². The summed E-state index contributed by atoms with van der Waals surface area (Å²) in [5.74, 6) is 0.348. The molecule has 0 saturated heterocycles. The first-order valence-corrected chi connectivity index (χ1v) is 9.20. The van der Waals surface area contributed by atoms with E-state index in [4.69, 9.17) is 4.42 Å². The number of carbonyl (C=O) groups is 1. The summed E-state index contributed by atoms with van der Waals surface area (Å²) in [6, 6.07) is 17.2. The van der Waals surface area contributed by atoms with Crippen LogP contribution in [0, 0.1) is 6.92 Å². The van der Waals surface area contributed by atoms with Crippen LogP contribution in [-0.4, -0.2) is 25.7 Å². The number of oxazole rings is 1. The minimum atomic E-state index is -0.241. The molecule has 5 aromatic rings. The number of amides is 1. The fraction of sp³-hybridized carbons (Fsp3) is 0.0909. The van der Waals surface area contributed by atoms with Gasteiger partial charge in [-0.05, 0) is 29.8 Å². The Kier molecular flexibility index (Phi) is 4.05. The molecule has 0 unspecified atom stereocenters. The van der Waals surface area contributed by atoms with Crippen LogP contribution in [0.5, 0.6) is 0 Å². The number of hydrogen-bond donors (Lipinski definition) is 1. The summed E-state index contributed by atoms with van der Waals surface area (Å²) in [5.41, 5.74) is 4.39. The van der Waals surface area contributed by atoms with Crippen molar-refractivity contribution in [1.29, 1.82) is 0 Å². The van der Waals surface area contributed by atoms with Crippen molar-refractivity contribution >= 4 is 33.7 Å². The summed E-state index contributed by atoms with van der Waals surface area (Å²) >= 11 is 0. The molecule has 1 amide bonds. The molecule has 0 atom stereocenters. The number of carbonyl (C=O) groups excluding carboxylic acids is 1. The van der Waals surface area contributed by atoms with Gasteiger partial charge in [-0.1, -0.05) is 30.3 Å². The molecular weight excluding hydrogens is 366 g/mol. The van der Waals surface area contributed by atoms with Gasteiger partial charge in [0.05, 0.1) is 18.3 Å². The van der Waals surface area contributed by atoms with Gasteiger partial charge in [-0.25, -0.2) is 14.6 Å². The summed E-state index contributed by atoms with van der Waals surface area (Å²) in [6.07, 6.45) is 3.30. The molecular formula is C22H17N5O2. The van der Waals surface area contributed by atoms with Crippen molar-refractivity contribution in [2.45, 2.75) is 13.5 Å². The minimum absolute atomic E-state index is 0.241. The molecule has 7 nitrogen and oxygen atoms in total. The van der Waals surface area contributed by atoms with Gasteiger partial charge in [0.15, 0.2) is 17.1 Å². The van der Waals surface area contributed by atoms with Crippen LogP contribution < -0.4 is 5.32 Å². The molecule has 3 heterocycles. The highest BCUT2D eigenvalue weighted by atomic mass is 16.3. The number of aryl methyl sites for hydroxylation is 1. The Morgan fingerprint density at radius 2 is 1.97 bits per heavy atom. The van der Waals surface area contributed by atoms with Crippen LogP contribution in [0.15, 0.2) is 71.4 Å². The lowest BCUT2D eigenvalue weighted by atomic mass is 10.2. The van der Waals surface area contributed by atoms with Crippen LogP contribution in [0.2, 0.25) is 0 Å². The molecule has 29 heavy (non-hydrogen) atoms. The first kappa shape index (κ1) is 17.1. The fourth-order valence-electron chi connectivity index (χ4n) is 3.29. The maximum absolute atomic E-state index is 12.7. The van der Waals surface area contributed by atoms with Crippen LogP contribution in [0.4, 0.5) is 5.69 Å².